The maximum atomic E-state index is 13.4. The fraction of sp³-hybridized carbons (Fsp3) is 0.308. The normalized spacial score (nSPS) is 12.8. The molecule has 33 heavy (non-hydrogen) atoms. The number of carbonyl (C=O) groups excluding carboxylic acids is 2. The maximum Gasteiger partial charge on any atom is 0.409 e. The molecule has 0 aliphatic rings. The van der Waals surface area contributed by atoms with Gasteiger partial charge in [0.25, 0.3) is 0 Å². The minimum Gasteiger partial charge on any atom is -0.497 e. The van der Waals surface area contributed by atoms with Crippen LogP contribution in [0.3, 0.4) is 0 Å². The van der Waals surface area contributed by atoms with Crippen molar-refractivity contribution in [1.29, 1.82) is 0 Å². The molecule has 0 radical (unpaired) electrons. The topological polar surface area (TPSA) is 89.6 Å². The Balaban J connectivity index is 2.25. The molecule has 0 aliphatic carbocycles. The molecule has 1 atom stereocenters. The minimum atomic E-state index is -1.83. The van der Waals surface area contributed by atoms with E-state index in [1.807, 2.05) is 36.4 Å². The van der Waals surface area contributed by atoms with Crippen LogP contribution in [0.4, 0.5) is 4.79 Å². The predicted octanol–water partition coefficient (Wildman–Crippen LogP) is 4.51. The van der Waals surface area contributed by atoms with Crippen LogP contribution < -0.4 is 10.1 Å². The molecule has 3 aromatic rings. The van der Waals surface area contributed by atoms with Crippen LogP contribution in [0, 0.1) is 11.8 Å². The molecular formula is C26H28N2O5. The van der Waals surface area contributed by atoms with E-state index < -0.39 is 23.2 Å². The summed E-state index contributed by atoms with van der Waals surface area (Å²) in [6, 6.07) is 14.6. The second-order valence-corrected chi connectivity index (χ2v) is 8.33. The number of H-pyrrole nitrogens is 1. The SMILES string of the molecule is CCOC(=O)C(C#Cc1ccccc1)(NC(=O)OC(C)(C)C)c1c[nH]c2ccc(OC)cc12. The van der Waals surface area contributed by atoms with E-state index in [-0.39, 0.29) is 6.61 Å². The van der Waals surface area contributed by atoms with Gasteiger partial charge in [-0.1, -0.05) is 30.0 Å². The number of nitrogens with one attached hydrogen (secondary N) is 2. The highest BCUT2D eigenvalue weighted by atomic mass is 16.6. The van der Waals surface area contributed by atoms with Gasteiger partial charge in [-0.25, -0.2) is 9.59 Å². The number of alkyl carbamates (subject to hydrolysis) is 1. The zero-order valence-electron chi connectivity index (χ0n) is 19.4. The van der Waals surface area contributed by atoms with Gasteiger partial charge in [0.1, 0.15) is 11.4 Å². The Kier molecular flexibility index (Phi) is 6.98. The van der Waals surface area contributed by atoms with Gasteiger partial charge >= 0.3 is 12.1 Å². The molecule has 7 nitrogen and oxygen atoms in total. The van der Waals surface area contributed by atoms with Gasteiger partial charge in [-0.15, -0.1) is 0 Å². The van der Waals surface area contributed by atoms with E-state index in [9.17, 15) is 9.59 Å². The van der Waals surface area contributed by atoms with Crippen LogP contribution in [-0.4, -0.2) is 36.4 Å². The summed E-state index contributed by atoms with van der Waals surface area (Å²) in [5.74, 6) is 5.87. The van der Waals surface area contributed by atoms with Gasteiger partial charge < -0.3 is 19.2 Å². The van der Waals surface area contributed by atoms with Crippen molar-refractivity contribution in [1.82, 2.24) is 10.3 Å². The average molecular weight is 449 g/mol. The largest absolute Gasteiger partial charge is 0.497 e. The number of benzene rings is 2. The van der Waals surface area contributed by atoms with Crippen molar-refractivity contribution >= 4 is 23.0 Å². The zero-order valence-corrected chi connectivity index (χ0v) is 19.4. The number of ether oxygens (including phenoxy) is 3. The van der Waals surface area contributed by atoms with Crippen molar-refractivity contribution < 1.29 is 23.8 Å². The number of hydrogen-bond donors (Lipinski definition) is 2. The third kappa shape index (κ3) is 5.47. The molecule has 1 unspecified atom stereocenters. The summed E-state index contributed by atoms with van der Waals surface area (Å²) in [7, 11) is 1.56. The van der Waals surface area contributed by atoms with E-state index in [1.165, 1.54) is 0 Å². The number of aromatic amines is 1. The number of methoxy groups -OCH3 is 1. The first-order valence-electron chi connectivity index (χ1n) is 10.6. The summed E-state index contributed by atoms with van der Waals surface area (Å²) in [6.07, 6.45) is 0.841. The van der Waals surface area contributed by atoms with Crippen molar-refractivity contribution in [2.24, 2.45) is 0 Å². The number of amides is 1. The first kappa shape index (κ1) is 23.7. The molecule has 0 fully saturated rings. The van der Waals surface area contributed by atoms with E-state index in [0.29, 0.717) is 22.3 Å². The highest BCUT2D eigenvalue weighted by molar-refractivity contribution is 5.98. The van der Waals surface area contributed by atoms with Gasteiger partial charge in [0.15, 0.2) is 0 Å². The molecule has 7 heteroatoms. The molecule has 0 bridgehead atoms. The van der Waals surface area contributed by atoms with Crippen molar-refractivity contribution in [2.75, 3.05) is 13.7 Å². The van der Waals surface area contributed by atoms with Gasteiger partial charge in [0, 0.05) is 28.2 Å². The van der Waals surface area contributed by atoms with Crippen molar-refractivity contribution in [2.45, 2.75) is 38.8 Å². The molecule has 1 aromatic heterocycles. The number of rotatable bonds is 5. The number of esters is 1. The van der Waals surface area contributed by atoms with Crippen molar-refractivity contribution in [3.05, 3.63) is 65.9 Å². The smallest absolute Gasteiger partial charge is 0.409 e. The van der Waals surface area contributed by atoms with Crippen LogP contribution in [0.5, 0.6) is 5.75 Å². The Bertz CT molecular complexity index is 1200. The van der Waals surface area contributed by atoms with Gasteiger partial charge in [0.05, 0.1) is 13.7 Å². The first-order chi connectivity index (χ1) is 15.7. The van der Waals surface area contributed by atoms with E-state index in [0.717, 1.165) is 5.52 Å². The molecule has 0 spiro atoms. The van der Waals surface area contributed by atoms with Crippen LogP contribution in [0.25, 0.3) is 10.9 Å². The lowest BCUT2D eigenvalue weighted by molar-refractivity contribution is -0.149. The van der Waals surface area contributed by atoms with Crippen LogP contribution >= 0.6 is 0 Å². The first-order valence-corrected chi connectivity index (χ1v) is 10.6. The van der Waals surface area contributed by atoms with Crippen molar-refractivity contribution in [3.8, 4) is 17.6 Å². The summed E-state index contributed by atoms with van der Waals surface area (Å²) >= 11 is 0. The molecule has 172 valence electrons. The number of fused-ring (bicyclic) bond motifs is 1. The minimum absolute atomic E-state index is 0.106. The Labute approximate surface area is 193 Å². The number of aromatic nitrogens is 1. The second kappa shape index (κ2) is 9.70. The van der Waals surface area contributed by atoms with Gasteiger partial charge in [-0.05, 0) is 58.0 Å². The molecule has 2 aromatic carbocycles. The lowest BCUT2D eigenvalue weighted by Crippen LogP contribution is -2.53. The highest BCUT2D eigenvalue weighted by Crippen LogP contribution is 2.33. The Morgan fingerprint density at radius 2 is 1.82 bits per heavy atom. The van der Waals surface area contributed by atoms with Crippen LogP contribution in [-0.2, 0) is 19.8 Å². The maximum absolute atomic E-state index is 13.4. The summed E-state index contributed by atoms with van der Waals surface area (Å²) in [5.41, 5.74) is -0.773. The molecule has 1 amide bonds. The molecule has 1 heterocycles. The standard InChI is InChI=1S/C26H28N2O5/c1-6-32-23(29)26(28-24(30)33-25(2,3)4,15-14-18-10-8-7-9-11-18)21-17-27-22-13-12-19(31-5)16-20(21)22/h7-13,16-17,27H,6H2,1-5H3,(H,28,30). The summed E-state index contributed by atoms with van der Waals surface area (Å²) < 4.78 is 16.2. The van der Waals surface area contributed by atoms with Crippen LogP contribution in [0.15, 0.2) is 54.7 Å². The third-order valence-electron chi connectivity index (χ3n) is 4.73. The number of hydrogen-bond acceptors (Lipinski definition) is 5. The van der Waals surface area contributed by atoms with E-state index in [1.54, 1.807) is 53.1 Å². The molecule has 0 saturated carbocycles. The summed E-state index contributed by atoms with van der Waals surface area (Å²) in [4.78, 5) is 29.5. The summed E-state index contributed by atoms with van der Waals surface area (Å²) in [6.45, 7) is 7.02. The third-order valence-corrected chi connectivity index (χ3v) is 4.73. The fourth-order valence-corrected chi connectivity index (χ4v) is 3.30. The van der Waals surface area contributed by atoms with Gasteiger partial charge in [0.2, 0.25) is 5.54 Å². The molecular weight excluding hydrogens is 420 g/mol. The van der Waals surface area contributed by atoms with Gasteiger partial charge in [-0.3, -0.25) is 5.32 Å². The molecule has 0 aliphatic heterocycles. The lowest BCUT2D eigenvalue weighted by Gasteiger charge is -2.29. The van der Waals surface area contributed by atoms with E-state index in [2.05, 4.69) is 22.1 Å². The van der Waals surface area contributed by atoms with Crippen molar-refractivity contribution in [3.63, 3.8) is 0 Å². The van der Waals surface area contributed by atoms with E-state index >= 15 is 0 Å². The number of carbonyl (C=O) groups is 2. The molecule has 0 saturated heterocycles. The Morgan fingerprint density at radius 3 is 2.45 bits per heavy atom. The Hall–Kier alpha value is -3.92. The molecule has 2 N–H and O–H groups in total. The quantitative estimate of drug-likeness (QED) is 0.443. The second-order valence-electron chi connectivity index (χ2n) is 8.33. The van der Waals surface area contributed by atoms with Crippen LogP contribution in [0.2, 0.25) is 0 Å². The molecule has 3 rings (SSSR count). The predicted molar refractivity (Wildman–Crippen MR) is 126 cm³/mol. The average Bonchev–Trinajstić information content (AvgIpc) is 3.20. The monoisotopic (exact) mass is 448 g/mol. The lowest BCUT2D eigenvalue weighted by atomic mass is 9.89. The zero-order chi connectivity index (χ0) is 24.1. The summed E-state index contributed by atoms with van der Waals surface area (Å²) in [5, 5.41) is 3.36. The fourth-order valence-electron chi connectivity index (χ4n) is 3.30. The highest BCUT2D eigenvalue weighted by Gasteiger charge is 2.45. The van der Waals surface area contributed by atoms with Gasteiger partial charge in [-0.2, -0.15) is 0 Å². The van der Waals surface area contributed by atoms with Crippen LogP contribution in [0.1, 0.15) is 38.8 Å². The van der Waals surface area contributed by atoms with E-state index in [4.69, 9.17) is 14.2 Å². The Morgan fingerprint density at radius 1 is 1.09 bits per heavy atom.